The monoisotopic (exact) mass is 710 g/mol. The van der Waals surface area contributed by atoms with Gasteiger partial charge >= 0.3 is 0 Å². The first kappa shape index (κ1) is 36.5. The third kappa shape index (κ3) is 5.68. The van der Waals surface area contributed by atoms with Gasteiger partial charge < -0.3 is 59.1 Å². The van der Waals surface area contributed by atoms with Crippen molar-refractivity contribution in [3.8, 4) is 0 Å². The molecule has 0 amide bonds. The van der Waals surface area contributed by atoms with Gasteiger partial charge in [0.1, 0.15) is 42.7 Å². The summed E-state index contributed by atoms with van der Waals surface area (Å²) in [5.74, 6) is 3.74. The Bertz CT molecular complexity index is 1210. The summed E-state index contributed by atoms with van der Waals surface area (Å²) in [6, 6.07) is 0. The number of rotatable bonds is 5. The van der Waals surface area contributed by atoms with E-state index < -0.39 is 61.9 Å². The van der Waals surface area contributed by atoms with Crippen LogP contribution in [0.3, 0.4) is 0 Å². The van der Waals surface area contributed by atoms with Crippen LogP contribution in [0.25, 0.3) is 0 Å². The van der Waals surface area contributed by atoms with Crippen LogP contribution >= 0.6 is 0 Å². The Hall–Kier alpha value is -0.480. The molecule has 0 radical (unpaired) electrons. The van der Waals surface area contributed by atoms with Crippen molar-refractivity contribution in [2.75, 3.05) is 19.8 Å². The molecule has 12 nitrogen and oxygen atoms in total. The second kappa shape index (κ2) is 13.4. The SMILES string of the molecule is C[C@H]1CC[C@@]2(OC1)O[C@H]1C[C@H]3[C@@H]4CC[C@H]5C[C@H](O[C@@H]6O[C@H](CO)[C@@H](O[C@@H]7OC[C@@H](O)[C@H](O)[C@H]7O)[C@H](O)[C@H]6O)CC[C@]5(C)[C@H]4CC[C@]3(C)[C@H]1[C@@H]2C. The van der Waals surface area contributed by atoms with Gasteiger partial charge in [0.05, 0.1) is 32.0 Å². The van der Waals surface area contributed by atoms with Crippen LogP contribution in [0.2, 0.25) is 0 Å². The zero-order chi connectivity index (χ0) is 35.3. The molecule has 0 aromatic heterocycles. The van der Waals surface area contributed by atoms with E-state index in [0.29, 0.717) is 47.5 Å². The fourth-order valence-corrected chi connectivity index (χ4v) is 12.9. The fraction of sp³-hybridized carbons (Fsp3) is 1.00. The summed E-state index contributed by atoms with van der Waals surface area (Å²) in [5.41, 5.74) is 0.502. The van der Waals surface area contributed by atoms with Crippen LogP contribution in [0.1, 0.15) is 91.9 Å². The molecule has 0 unspecified atom stereocenters. The van der Waals surface area contributed by atoms with Gasteiger partial charge in [-0.2, -0.15) is 0 Å². The maximum absolute atomic E-state index is 11.1. The van der Waals surface area contributed by atoms with Crippen molar-refractivity contribution >= 4 is 0 Å². The molecule has 4 heterocycles. The Kier molecular flexibility index (Phi) is 9.76. The molecule has 4 aliphatic heterocycles. The second-order valence-electron chi connectivity index (χ2n) is 18.3. The summed E-state index contributed by atoms with van der Waals surface area (Å²) >= 11 is 0. The van der Waals surface area contributed by atoms with Gasteiger partial charge in [0.15, 0.2) is 18.4 Å². The third-order valence-electron chi connectivity index (χ3n) is 15.8. The maximum Gasteiger partial charge on any atom is 0.186 e. The van der Waals surface area contributed by atoms with E-state index in [4.69, 9.17) is 28.4 Å². The van der Waals surface area contributed by atoms with Gasteiger partial charge in [0.25, 0.3) is 0 Å². The summed E-state index contributed by atoms with van der Waals surface area (Å²) in [7, 11) is 0. The average molecular weight is 711 g/mol. The van der Waals surface area contributed by atoms with Gasteiger partial charge in [-0.15, -0.1) is 0 Å². The number of hydrogen-bond donors (Lipinski definition) is 6. The van der Waals surface area contributed by atoms with Crippen LogP contribution < -0.4 is 0 Å². The Morgan fingerprint density at radius 2 is 1.50 bits per heavy atom. The smallest absolute Gasteiger partial charge is 0.186 e. The lowest BCUT2D eigenvalue weighted by Gasteiger charge is -2.61. The third-order valence-corrected chi connectivity index (χ3v) is 15.8. The van der Waals surface area contributed by atoms with E-state index in [1.54, 1.807) is 0 Å². The molecule has 21 atom stereocenters. The molecule has 50 heavy (non-hydrogen) atoms. The molecule has 8 fully saturated rings. The van der Waals surface area contributed by atoms with E-state index in [1.807, 2.05) is 0 Å². The molecular formula is C38H62O12. The first-order valence-corrected chi connectivity index (χ1v) is 19.7. The average Bonchev–Trinajstić information content (AvgIpc) is 3.55. The molecule has 12 heteroatoms. The molecule has 286 valence electrons. The molecule has 4 aliphatic carbocycles. The Labute approximate surface area is 296 Å². The molecule has 0 bridgehead atoms. The minimum absolute atomic E-state index is 0.156. The summed E-state index contributed by atoms with van der Waals surface area (Å²) in [6.45, 7) is 9.79. The first-order chi connectivity index (χ1) is 23.8. The van der Waals surface area contributed by atoms with Crippen LogP contribution in [-0.4, -0.2) is 124 Å². The van der Waals surface area contributed by atoms with Gasteiger partial charge in [-0.05, 0) is 104 Å². The van der Waals surface area contributed by atoms with Crippen LogP contribution in [0.5, 0.6) is 0 Å². The van der Waals surface area contributed by atoms with E-state index >= 15 is 0 Å². The van der Waals surface area contributed by atoms with Crippen LogP contribution in [0, 0.1) is 52.3 Å². The quantitative estimate of drug-likeness (QED) is 0.230. The van der Waals surface area contributed by atoms with Gasteiger partial charge in [0.2, 0.25) is 0 Å². The van der Waals surface area contributed by atoms with Crippen molar-refractivity contribution in [2.45, 2.75) is 165 Å². The molecule has 8 rings (SSSR count). The normalized spacial score (nSPS) is 59.4. The van der Waals surface area contributed by atoms with Crippen LogP contribution in [0.4, 0.5) is 0 Å². The van der Waals surface area contributed by atoms with Gasteiger partial charge in [-0.3, -0.25) is 0 Å². The highest BCUT2D eigenvalue weighted by Crippen LogP contribution is 2.71. The number of aliphatic hydroxyl groups excluding tert-OH is 6. The lowest BCUT2D eigenvalue weighted by atomic mass is 9.44. The summed E-state index contributed by atoms with van der Waals surface area (Å²) in [4.78, 5) is 0. The molecule has 0 aromatic rings. The van der Waals surface area contributed by atoms with Crippen LogP contribution in [0.15, 0.2) is 0 Å². The molecule has 4 saturated carbocycles. The topological polar surface area (TPSA) is 177 Å². The standard InChI is InChI=1S/C38H62O12/c1-18-7-12-38(46-16-18)19(2)28-26(50-38)14-24-22-6-5-20-13-21(8-10-36(20,3)23(22)9-11-37(24,28)4)47-35-32(44)30(42)33(27(15-39)48-35)49-34-31(43)29(41)25(40)17-45-34/h18-35,39-44H,5-17H2,1-4H3/t18-,19-,20-,21+,22+,23-,24-,25+,26-,27+,28-,29-,30+,31+,32+,33+,34-,35+,36-,37-,38+/m0/s1. The highest BCUT2D eigenvalue weighted by molar-refractivity contribution is 5.15. The van der Waals surface area contributed by atoms with Crippen molar-refractivity contribution in [1.82, 2.24) is 0 Å². The largest absolute Gasteiger partial charge is 0.394 e. The van der Waals surface area contributed by atoms with Crippen molar-refractivity contribution in [1.29, 1.82) is 0 Å². The van der Waals surface area contributed by atoms with E-state index in [1.165, 1.54) is 25.7 Å². The highest BCUT2D eigenvalue weighted by atomic mass is 16.7. The molecular weight excluding hydrogens is 648 g/mol. The number of hydrogen-bond acceptors (Lipinski definition) is 12. The molecule has 1 spiro atoms. The van der Waals surface area contributed by atoms with Crippen molar-refractivity contribution < 1.29 is 59.1 Å². The van der Waals surface area contributed by atoms with Gasteiger partial charge in [0, 0.05) is 12.3 Å². The zero-order valence-electron chi connectivity index (χ0n) is 30.2. The Balaban J connectivity index is 0.894. The fourth-order valence-electron chi connectivity index (χ4n) is 12.9. The molecule has 8 aliphatic rings. The summed E-state index contributed by atoms with van der Waals surface area (Å²) in [5, 5.41) is 62.4. The predicted molar refractivity (Wildman–Crippen MR) is 177 cm³/mol. The molecule has 4 saturated heterocycles. The number of fused-ring (bicyclic) bond motifs is 7. The summed E-state index contributed by atoms with van der Waals surface area (Å²) in [6.07, 6.45) is -1.12. The highest BCUT2D eigenvalue weighted by Gasteiger charge is 2.69. The second-order valence-corrected chi connectivity index (χ2v) is 18.3. The van der Waals surface area contributed by atoms with Crippen LogP contribution in [-0.2, 0) is 28.4 Å². The minimum atomic E-state index is -1.58. The predicted octanol–water partition coefficient (Wildman–Crippen LogP) is 2.08. The number of aliphatic hydroxyl groups is 6. The van der Waals surface area contributed by atoms with E-state index in [-0.39, 0.29) is 29.3 Å². The zero-order valence-corrected chi connectivity index (χ0v) is 30.2. The molecule has 6 N–H and O–H groups in total. The number of ether oxygens (including phenoxy) is 6. The Morgan fingerprint density at radius 1 is 0.740 bits per heavy atom. The first-order valence-electron chi connectivity index (χ1n) is 19.7. The van der Waals surface area contributed by atoms with E-state index in [0.717, 1.165) is 45.1 Å². The summed E-state index contributed by atoms with van der Waals surface area (Å²) < 4.78 is 36.9. The van der Waals surface area contributed by atoms with Gasteiger partial charge in [-0.25, -0.2) is 0 Å². The molecule has 0 aromatic carbocycles. The van der Waals surface area contributed by atoms with Crippen molar-refractivity contribution in [3.05, 3.63) is 0 Å². The minimum Gasteiger partial charge on any atom is -0.394 e. The van der Waals surface area contributed by atoms with E-state index in [9.17, 15) is 30.6 Å². The lowest BCUT2D eigenvalue weighted by Crippen LogP contribution is -2.63. The van der Waals surface area contributed by atoms with Crippen molar-refractivity contribution in [3.63, 3.8) is 0 Å². The Morgan fingerprint density at radius 3 is 2.24 bits per heavy atom. The van der Waals surface area contributed by atoms with E-state index in [2.05, 4.69) is 27.7 Å². The van der Waals surface area contributed by atoms with Crippen molar-refractivity contribution in [2.24, 2.45) is 52.3 Å². The lowest BCUT2D eigenvalue weighted by molar-refractivity contribution is -0.354. The van der Waals surface area contributed by atoms with Gasteiger partial charge in [-0.1, -0.05) is 27.7 Å². The maximum atomic E-state index is 11.1.